The smallest absolute Gasteiger partial charge is 0.387 e. The van der Waals surface area contributed by atoms with Crippen molar-refractivity contribution in [3.05, 3.63) is 29.8 Å². The van der Waals surface area contributed by atoms with E-state index in [0.29, 0.717) is 18.7 Å². The molecule has 0 atom stereocenters. The summed E-state index contributed by atoms with van der Waals surface area (Å²) >= 11 is 0. The molecule has 1 aromatic carbocycles. The number of methoxy groups -OCH3 is 1. The monoisotopic (exact) mass is 274 g/mol. The van der Waals surface area contributed by atoms with Gasteiger partial charge in [-0.25, -0.2) is 4.79 Å². The Kier molecular flexibility index (Phi) is 6.59. The number of halogens is 2. The Bertz CT molecular complexity index is 402. The third-order valence-electron chi connectivity index (χ3n) is 2.17. The largest absolute Gasteiger partial charge is 0.435 e. The molecule has 0 aromatic heterocycles. The Morgan fingerprint density at radius 2 is 2.16 bits per heavy atom. The van der Waals surface area contributed by atoms with Gasteiger partial charge in [0.05, 0.1) is 6.61 Å². The molecule has 7 heteroatoms. The van der Waals surface area contributed by atoms with E-state index in [4.69, 9.17) is 4.74 Å². The highest BCUT2D eigenvalue weighted by molar-refractivity contribution is 5.73. The molecule has 2 amide bonds. The van der Waals surface area contributed by atoms with E-state index >= 15 is 0 Å². The quantitative estimate of drug-likeness (QED) is 0.744. The number of hydrogen-bond donors (Lipinski definition) is 2. The molecule has 2 N–H and O–H groups in total. The second-order valence-electron chi connectivity index (χ2n) is 3.63. The molecule has 0 spiro atoms. The van der Waals surface area contributed by atoms with Crippen LogP contribution in [0.3, 0.4) is 0 Å². The second kappa shape index (κ2) is 8.25. The average Bonchev–Trinajstić information content (AvgIpc) is 2.36. The topological polar surface area (TPSA) is 59.6 Å². The number of urea groups is 1. The van der Waals surface area contributed by atoms with Gasteiger partial charge in [-0.05, 0) is 17.7 Å². The van der Waals surface area contributed by atoms with Gasteiger partial charge in [-0.15, -0.1) is 0 Å². The van der Waals surface area contributed by atoms with Crippen molar-refractivity contribution in [3.8, 4) is 5.75 Å². The standard InChI is InChI=1S/C12H16F2N2O3/c1-18-6-5-15-12(17)16-8-9-3-2-4-10(7-9)19-11(13)14/h2-4,7,11H,5-6,8H2,1H3,(H2,15,16,17). The summed E-state index contributed by atoms with van der Waals surface area (Å²) in [5.74, 6) is 0.0640. The van der Waals surface area contributed by atoms with E-state index in [1.165, 1.54) is 19.2 Å². The molecule has 0 radical (unpaired) electrons. The molecule has 0 fully saturated rings. The molecule has 0 aliphatic carbocycles. The molecule has 19 heavy (non-hydrogen) atoms. The molecule has 0 aliphatic heterocycles. The molecule has 0 saturated heterocycles. The van der Waals surface area contributed by atoms with Crippen LogP contribution in [0.25, 0.3) is 0 Å². The minimum atomic E-state index is -2.86. The van der Waals surface area contributed by atoms with E-state index in [1.54, 1.807) is 12.1 Å². The predicted molar refractivity (Wildman–Crippen MR) is 65.2 cm³/mol. The van der Waals surface area contributed by atoms with Crippen LogP contribution in [0.15, 0.2) is 24.3 Å². The van der Waals surface area contributed by atoms with Gasteiger partial charge in [0.15, 0.2) is 0 Å². The molecule has 1 rings (SSSR count). The van der Waals surface area contributed by atoms with Crippen LogP contribution in [-0.4, -0.2) is 32.9 Å². The molecular weight excluding hydrogens is 258 g/mol. The summed E-state index contributed by atoms with van der Waals surface area (Å²) < 4.78 is 33.1. The molecule has 0 heterocycles. The normalized spacial score (nSPS) is 10.3. The fourth-order valence-electron chi connectivity index (χ4n) is 1.34. The number of rotatable bonds is 7. The van der Waals surface area contributed by atoms with Crippen LogP contribution in [0.2, 0.25) is 0 Å². The number of nitrogens with one attached hydrogen (secondary N) is 2. The fourth-order valence-corrected chi connectivity index (χ4v) is 1.34. The Hall–Kier alpha value is -1.89. The SMILES string of the molecule is COCCNC(=O)NCc1cccc(OC(F)F)c1. The second-order valence-corrected chi connectivity index (χ2v) is 3.63. The van der Waals surface area contributed by atoms with Crippen LogP contribution in [0, 0.1) is 0 Å². The van der Waals surface area contributed by atoms with Gasteiger partial charge in [0.2, 0.25) is 0 Å². The molecule has 0 unspecified atom stereocenters. The highest BCUT2D eigenvalue weighted by Gasteiger charge is 2.05. The third kappa shape index (κ3) is 6.56. The number of carbonyl (C=O) groups excluding carboxylic acids is 1. The first-order valence-corrected chi connectivity index (χ1v) is 5.66. The van der Waals surface area contributed by atoms with E-state index in [2.05, 4.69) is 15.4 Å². The maximum absolute atomic E-state index is 12.0. The van der Waals surface area contributed by atoms with Crippen LogP contribution >= 0.6 is 0 Å². The van der Waals surface area contributed by atoms with Crippen molar-refractivity contribution in [1.29, 1.82) is 0 Å². The van der Waals surface area contributed by atoms with Gasteiger partial charge < -0.3 is 20.1 Å². The lowest BCUT2D eigenvalue weighted by Crippen LogP contribution is -2.36. The van der Waals surface area contributed by atoms with Crippen molar-refractivity contribution in [2.75, 3.05) is 20.3 Å². The van der Waals surface area contributed by atoms with Gasteiger partial charge in [-0.2, -0.15) is 8.78 Å². The highest BCUT2D eigenvalue weighted by Crippen LogP contribution is 2.15. The minimum Gasteiger partial charge on any atom is -0.435 e. The molecule has 1 aromatic rings. The van der Waals surface area contributed by atoms with Gasteiger partial charge in [0.25, 0.3) is 0 Å². The van der Waals surface area contributed by atoms with Gasteiger partial charge in [0, 0.05) is 20.2 Å². The zero-order chi connectivity index (χ0) is 14.1. The molecule has 0 saturated carbocycles. The lowest BCUT2D eigenvalue weighted by atomic mass is 10.2. The van der Waals surface area contributed by atoms with Gasteiger partial charge in [-0.1, -0.05) is 12.1 Å². The maximum atomic E-state index is 12.0. The number of amides is 2. The summed E-state index contributed by atoms with van der Waals surface area (Å²) in [7, 11) is 1.54. The van der Waals surface area contributed by atoms with E-state index in [0.717, 1.165) is 0 Å². The lowest BCUT2D eigenvalue weighted by Gasteiger charge is -2.09. The fraction of sp³-hybridized carbons (Fsp3) is 0.417. The van der Waals surface area contributed by atoms with Crippen LogP contribution in [0.1, 0.15) is 5.56 Å². The number of hydrogen-bond acceptors (Lipinski definition) is 3. The zero-order valence-electron chi connectivity index (χ0n) is 10.5. The Morgan fingerprint density at radius 1 is 1.37 bits per heavy atom. The van der Waals surface area contributed by atoms with Crippen molar-refractivity contribution in [1.82, 2.24) is 10.6 Å². The van der Waals surface area contributed by atoms with Gasteiger partial charge in [0.1, 0.15) is 5.75 Å². The number of alkyl halides is 2. The third-order valence-corrected chi connectivity index (χ3v) is 2.17. The van der Waals surface area contributed by atoms with Crippen LogP contribution in [0.5, 0.6) is 5.75 Å². The van der Waals surface area contributed by atoms with Crippen molar-refractivity contribution >= 4 is 6.03 Å². The Balaban J connectivity index is 2.38. The summed E-state index contributed by atoms with van der Waals surface area (Å²) in [5, 5.41) is 5.16. The highest BCUT2D eigenvalue weighted by atomic mass is 19.3. The first-order chi connectivity index (χ1) is 9.11. The number of ether oxygens (including phenoxy) is 2. The summed E-state index contributed by atoms with van der Waals surface area (Å²) in [6, 6.07) is 5.80. The van der Waals surface area contributed by atoms with Gasteiger partial charge >= 0.3 is 12.6 Å². The van der Waals surface area contributed by atoms with Crippen molar-refractivity contribution in [2.45, 2.75) is 13.2 Å². The number of carbonyl (C=O) groups is 1. The molecule has 0 aliphatic rings. The van der Waals surface area contributed by atoms with E-state index in [1.807, 2.05) is 0 Å². The molecular formula is C12H16F2N2O3. The number of benzene rings is 1. The predicted octanol–water partition coefficient (Wildman–Crippen LogP) is 1.73. The van der Waals surface area contributed by atoms with Crippen LogP contribution in [0.4, 0.5) is 13.6 Å². The maximum Gasteiger partial charge on any atom is 0.387 e. The van der Waals surface area contributed by atoms with E-state index < -0.39 is 6.61 Å². The van der Waals surface area contributed by atoms with Crippen molar-refractivity contribution in [3.63, 3.8) is 0 Å². The Labute approximate surface area is 109 Å². The van der Waals surface area contributed by atoms with Crippen molar-refractivity contribution < 1.29 is 23.0 Å². The Morgan fingerprint density at radius 3 is 2.84 bits per heavy atom. The molecule has 5 nitrogen and oxygen atoms in total. The minimum absolute atomic E-state index is 0.0640. The van der Waals surface area contributed by atoms with Crippen LogP contribution < -0.4 is 15.4 Å². The average molecular weight is 274 g/mol. The summed E-state index contributed by atoms with van der Waals surface area (Å²) in [6.45, 7) is -1.82. The summed E-state index contributed by atoms with van der Waals surface area (Å²) in [5.41, 5.74) is 0.667. The first kappa shape index (κ1) is 15.2. The lowest BCUT2D eigenvalue weighted by molar-refractivity contribution is -0.0498. The van der Waals surface area contributed by atoms with Crippen molar-refractivity contribution in [2.24, 2.45) is 0 Å². The molecule has 0 bridgehead atoms. The molecule has 106 valence electrons. The van der Waals surface area contributed by atoms with Gasteiger partial charge in [-0.3, -0.25) is 0 Å². The zero-order valence-corrected chi connectivity index (χ0v) is 10.5. The summed E-state index contributed by atoms with van der Waals surface area (Å²) in [4.78, 5) is 11.3. The van der Waals surface area contributed by atoms with E-state index in [-0.39, 0.29) is 18.3 Å². The summed E-state index contributed by atoms with van der Waals surface area (Å²) in [6.07, 6.45) is 0. The first-order valence-electron chi connectivity index (χ1n) is 5.66. The van der Waals surface area contributed by atoms with Crippen LogP contribution in [-0.2, 0) is 11.3 Å². The van der Waals surface area contributed by atoms with E-state index in [9.17, 15) is 13.6 Å².